The normalized spacial score (nSPS) is 16.5. The Morgan fingerprint density at radius 2 is 1.93 bits per heavy atom. The van der Waals surface area contributed by atoms with Gasteiger partial charge >= 0.3 is 5.69 Å². The van der Waals surface area contributed by atoms with E-state index in [-0.39, 0.29) is 37.1 Å². The molecule has 0 spiro atoms. The van der Waals surface area contributed by atoms with Gasteiger partial charge in [0.25, 0.3) is 5.56 Å². The van der Waals surface area contributed by atoms with Gasteiger partial charge < -0.3 is 19.5 Å². The molecule has 4 aromatic rings. The summed E-state index contributed by atoms with van der Waals surface area (Å²) in [6, 6.07) is 2.87. The third kappa shape index (κ3) is 5.25. The number of halogens is 1. The molecule has 4 heterocycles. The first-order valence-electron chi connectivity index (χ1n) is 13.7. The molecule has 1 aliphatic rings. The number of amides is 1. The number of hydrogen-bond donors (Lipinski definition) is 1. The van der Waals surface area contributed by atoms with Crippen LogP contribution in [0.25, 0.3) is 15.2 Å². The number of nitrogens with zero attached hydrogens (tertiary/aromatic N) is 6. The smallest absolute Gasteiger partial charge is 0.332 e. The van der Waals surface area contributed by atoms with Gasteiger partial charge in [0.2, 0.25) is 5.91 Å². The molecule has 3 aromatic heterocycles. The number of piperidine rings is 1. The van der Waals surface area contributed by atoms with Crippen molar-refractivity contribution >= 4 is 27.5 Å². The highest BCUT2D eigenvalue weighted by atomic mass is 32.1. The molecule has 1 saturated heterocycles. The Bertz CT molecular complexity index is 1710. The van der Waals surface area contributed by atoms with Gasteiger partial charge in [0.15, 0.2) is 0 Å². The van der Waals surface area contributed by atoms with Crippen molar-refractivity contribution < 1.29 is 23.8 Å². The molecule has 0 radical (unpaired) electrons. The number of benzene rings is 1. The van der Waals surface area contributed by atoms with Gasteiger partial charge in [0, 0.05) is 23.7 Å². The Morgan fingerprint density at radius 3 is 2.60 bits per heavy atom. The van der Waals surface area contributed by atoms with Crippen LogP contribution in [0.2, 0.25) is 0 Å². The first-order valence-corrected chi connectivity index (χ1v) is 14.5. The van der Waals surface area contributed by atoms with Crippen LogP contribution in [0.4, 0.5) is 4.39 Å². The molecule has 1 fully saturated rings. The van der Waals surface area contributed by atoms with Crippen LogP contribution in [-0.2, 0) is 16.1 Å². The topological polar surface area (TPSA) is 134 Å². The van der Waals surface area contributed by atoms with Crippen LogP contribution in [0.5, 0.6) is 5.75 Å². The average Bonchev–Trinajstić information content (AvgIpc) is 3.61. The Kier molecular flexibility index (Phi) is 8.57. The summed E-state index contributed by atoms with van der Waals surface area (Å²) in [5.74, 6) is -0.495. The van der Waals surface area contributed by atoms with E-state index in [9.17, 15) is 23.9 Å². The minimum Gasteiger partial charge on any atom is -0.496 e. The van der Waals surface area contributed by atoms with Gasteiger partial charge in [-0.1, -0.05) is 11.3 Å². The standard InChI is InChI=1S/C28H33FN6O6S/c1-16(2)32-11-5-6-20(24(32)37)34-25(38)23-17(3)26(35-30-9-10-31-35)42-27(23)33(28(34)39)15-22(41-13-12-36)19-14-18(29)7-8-21(19)40-4/h7-10,14,16,20,22,36H,5-6,11-13,15H2,1-4H3/t20-,22-/m0/s1. The molecule has 42 heavy (non-hydrogen) atoms. The SMILES string of the molecule is COc1ccc(F)cc1[C@H](Cn1c(=O)n([C@H]2CCCN(C(C)C)C2=O)c(=O)c2c(C)c(-n3nccn3)sc21)OCCO. The third-order valence-electron chi connectivity index (χ3n) is 7.50. The van der Waals surface area contributed by atoms with Crippen LogP contribution in [0, 0.1) is 12.7 Å². The van der Waals surface area contributed by atoms with Crippen LogP contribution in [0.3, 0.4) is 0 Å². The van der Waals surface area contributed by atoms with E-state index in [0.29, 0.717) is 46.1 Å². The maximum atomic E-state index is 14.4. The maximum absolute atomic E-state index is 14.4. The number of aliphatic hydroxyl groups is 1. The first kappa shape index (κ1) is 29.6. The number of methoxy groups -OCH3 is 1. The van der Waals surface area contributed by atoms with Gasteiger partial charge in [-0.2, -0.15) is 10.2 Å². The number of carbonyl (C=O) groups is 1. The Labute approximate surface area is 244 Å². The van der Waals surface area contributed by atoms with Gasteiger partial charge in [-0.15, -0.1) is 4.80 Å². The maximum Gasteiger partial charge on any atom is 0.332 e. The first-order chi connectivity index (χ1) is 20.2. The van der Waals surface area contributed by atoms with Crippen molar-refractivity contribution in [3.8, 4) is 10.8 Å². The van der Waals surface area contributed by atoms with Crippen molar-refractivity contribution in [1.82, 2.24) is 29.0 Å². The molecule has 0 aliphatic carbocycles. The van der Waals surface area contributed by atoms with Crippen LogP contribution in [-0.4, -0.2) is 73.0 Å². The lowest BCUT2D eigenvalue weighted by molar-refractivity contribution is -0.139. The largest absolute Gasteiger partial charge is 0.496 e. The quantitative estimate of drug-likeness (QED) is 0.294. The number of ether oxygens (including phenoxy) is 2. The second-order valence-corrected chi connectivity index (χ2v) is 11.3. The Balaban J connectivity index is 1.76. The number of thiophene rings is 1. The summed E-state index contributed by atoms with van der Waals surface area (Å²) in [4.78, 5) is 45.4. The second kappa shape index (κ2) is 12.2. The summed E-state index contributed by atoms with van der Waals surface area (Å²) in [6.07, 6.45) is 3.03. The number of fused-ring (bicyclic) bond motifs is 1. The highest BCUT2D eigenvalue weighted by Gasteiger charge is 2.35. The Morgan fingerprint density at radius 1 is 1.19 bits per heavy atom. The van der Waals surface area contributed by atoms with Crippen molar-refractivity contribution in [2.75, 3.05) is 26.9 Å². The molecule has 2 atom stereocenters. The van der Waals surface area contributed by atoms with Crippen molar-refractivity contribution in [2.45, 2.75) is 58.3 Å². The van der Waals surface area contributed by atoms with Crippen molar-refractivity contribution in [3.05, 3.63) is 68.4 Å². The van der Waals surface area contributed by atoms with E-state index in [1.165, 1.54) is 47.1 Å². The predicted molar refractivity (Wildman–Crippen MR) is 154 cm³/mol. The van der Waals surface area contributed by atoms with E-state index in [0.717, 1.165) is 15.9 Å². The van der Waals surface area contributed by atoms with Crippen LogP contribution < -0.4 is 16.0 Å². The van der Waals surface area contributed by atoms with E-state index in [2.05, 4.69) is 10.2 Å². The number of hydrogen-bond acceptors (Lipinski definition) is 9. The Hall–Kier alpha value is -3.88. The van der Waals surface area contributed by atoms with E-state index >= 15 is 0 Å². The fourth-order valence-electron chi connectivity index (χ4n) is 5.49. The zero-order chi connectivity index (χ0) is 30.1. The molecular weight excluding hydrogens is 567 g/mol. The summed E-state index contributed by atoms with van der Waals surface area (Å²) in [7, 11) is 1.44. The molecule has 1 aromatic carbocycles. The zero-order valence-corrected chi connectivity index (χ0v) is 24.6. The van der Waals surface area contributed by atoms with Crippen molar-refractivity contribution in [2.24, 2.45) is 0 Å². The second-order valence-electron chi connectivity index (χ2n) is 10.4. The number of aromatic nitrogens is 5. The van der Waals surface area contributed by atoms with Gasteiger partial charge in [-0.05, 0) is 51.8 Å². The number of carbonyl (C=O) groups excluding carboxylic acids is 1. The molecule has 1 N–H and O–H groups in total. The van der Waals surface area contributed by atoms with Crippen LogP contribution >= 0.6 is 11.3 Å². The van der Waals surface area contributed by atoms with Gasteiger partial charge in [0.1, 0.15) is 33.5 Å². The highest BCUT2D eigenvalue weighted by Crippen LogP contribution is 2.34. The van der Waals surface area contributed by atoms with Crippen LogP contribution in [0.15, 0.2) is 40.2 Å². The number of aliphatic hydroxyl groups excluding tert-OH is 1. The molecule has 12 nitrogen and oxygen atoms in total. The lowest BCUT2D eigenvalue weighted by Gasteiger charge is -2.35. The lowest BCUT2D eigenvalue weighted by atomic mass is 10.0. The van der Waals surface area contributed by atoms with Gasteiger partial charge in [-0.3, -0.25) is 14.2 Å². The van der Waals surface area contributed by atoms with Gasteiger partial charge in [-0.25, -0.2) is 13.8 Å². The van der Waals surface area contributed by atoms with E-state index in [1.54, 1.807) is 11.8 Å². The molecular formula is C28H33FN6O6S. The zero-order valence-electron chi connectivity index (χ0n) is 23.8. The van der Waals surface area contributed by atoms with Crippen molar-refractivity contribution in [3.63, 3.8) is 0 Å². The monoisotopic (exact) mass is 600 g/mol. The minimum absolute atomic E-state index is 0.0981. The van der Waals surface area contributed by atoms with Gasteiger partial charge in [0.05, 0.1) is 44.6 Å². The molecule has 0 bridgehead atoms. The lowest BCUT2D eigenvalue weighted by Crippen LogP contribution is -2.52. The molecule has 0 saturated carbocycles. The molecule has 0 unspecified atom stereocenters. The average molecular weight is 601 g/mol. The summed E-state index contributed by atoms with van der Waals surface area (Å²) in [6.45, 7) is 5.51. The number of likely N-dealkylation sites (tertiary alicyclic amines) is 1. The third-order valence-corrected chi connectivity index (χ3v) is 8.78. The van der Waals surface area contributed by atoms with E-state index in [4.69, 9.17) is 9.47 Å². The van der Waals surface area contributed by atoms with E-state index < -0.39 is 29.2 Å². The molecule has 1 amide bonds. The number of rotatable bonds is 10. The predicted octanol–water partition coefficient (Wildman–Crippen LogP) is 2.58. The molecule has 5 rings (SSSR count). The number of aryl methyl sites for hydroxylation is 1. The molecule has 1 aliphatic heterocycles. The summed E-state index contributed by atoms with van der Waals surface area (Å²) >= 11 is 1.15. The minimum atomic E-state index is -0.983. The molecule has 224 valence electrons. The summed E-state index contributed by atoms with van der Waals surface area (Å²) in [5.41, 5.74) is -0.381. The van der Waals surface area contributed by atoms with Crippen LogP contribution in [0.1, 0.15) is 50.0 Å². The fraction of sp³-hybridized carbons (Fsp3) is 0.464. The van der Waals surface area contributed by atoms with E-state index in [1.807, 2.05) is 13.8 Å². The molecule has 14 heteroatoms. The highest BCUT2D eigenvalue weighted by molar-refractivity contribution is 7.21. The summed E-state index contributed by atoms with van der Waals surface area (Å²) < 4.78 is 28.2. The fourth-order valence-corrected chi connectivity index (χ4v) is 6.71. The van der Waals surface area contributed by atoms with Crippen molar-refractivity contribution in [1.29, 1.82) is 0 Å². The summed E-state index contributed by atoms with van der Waals surface area (Å²) in [5, 5.41) is 18.7.